The van der Waals surface area contributed by atoms with Crippen LogP contribution < -0.4 is 5.73 Å². The quantitative estimate of drug-likeness (QED) is 0.826. The van der Waals surface area contributed by atoms with Gasteiger partial charge in [0.25, 0.3) is 0 Å². The average molecular weight is 236 g/mol. The van der Waals surface area contributed by atoms with Crippen molar-refractivity contribution in [2.75, 3.05) is 5.73 Å². The second-order valence-electron chi connectivity index (χ2n) is 4.35. The van der Waals surface area contributed by atoms with E-state index in [0.29, 0.717) is 6.42 Å². The molecule has 0 aliphatic carbocycles. The van der Waals surface area contributed by atoms with Crippen LogP contribution in [0.15, 0.2) is 42.5 Å². The van der Waals surface area contributed by atoms with Gasteiger partial charge in [0.1, 0.15) is 0 Å². The van der Waals surface area contributed by atoms with Gasteiger partial charge in [0, 0.05) is 17.7 Å². The van der Waals surface area contributed by atoms with Crippen LogP contribution in [0.5, 0.6) is 0 Å². The Balaban J connectivity index is 2.54. The first kappa shape index (κ1) is 12.2. The number of nitrogens with zero attached hydrogens (tertiary/aromatic N) is 1. The maximum atomic E-state index is 8.72. The zero-order valence-electron chi connectivity index (χ0n) is 10.5. The molecule has 0 heterocycles. The van der Waals surface area contributed by atoms with Gasteiger partial charge in [-0.2, -0.15) is 5.26 Å². The van der Waals surface area contributed by atoms with Crippen molar-refractivity contribution in [1.82, 2.24) is 0 Å². The van der Waals surface area contributed by atoms with Crippen LogP contribution in [0.1, 0.15) is 17.5 Å². The molecule has 18 heavy (non-hydrogen) atoms. The highest BCUT2D eigenvalue weighted by Crippen LogP contribution is 2.32. The molecule has 0 bridgehead atoms. The maximum absolute atomic E-state index is 8.72. The summed E-state index contributed by atoms with van der Waals surface area (Å²) in [5, 5.41) is 8.72. The Morgan fingerprint density at radius 1 is 1.11 bits per heavy atom. The summed E-state index contributed by atoms with van der Waals surface area (Å²) >= 11 is 0. The Bertz CT molecular complexity index is 574. The number of nitrogens with two attached hydrogens (primary N) is 1. The lowest BCUT2D eigenvalue weighted by atomic mass is 9.93. The van der Waals surface area contributed by atoms with Crippen LogP contribution in [-0.2, 0) is 6.42 Å². The SMILES string of the molecule is Cc1cccc(N)c1-c1ccccc1CCC#N. The van der Waals surface area contributed by atoms with Crippen molar-refractivity contribution in [3.8, 4) is 17.2 Å². The third-order valence-corrected chi connectivity index (χ3v) is 3.10. The van der Waals surface area contributed by atoms with Crippen molar-refractivity contribution in [1.29, 1.82) is 5.26 Å². The molecule has 2 rings (SSSR count). The number of rotatable bonds is 3. The minimum Gasteiger partial charge on any atom is -0.398 e. The maximum Gasteiger partial charge on any atom is 0.0625 e. The van der Waals surface area contributed by atoms with E-state index in [9.17, 15) is 0 Å². The number of hydrogen-bond acceptors (Lipinski definition) is 2. The molecule has 2 heteroatoms. The molecule has 0 fully saturated rings. The molecule has 0 unspecified atom stereocenters. The van der Waals surface area contributed by atoms with E-state index in [0.717, 1.165) is 23.2 Å². The minimum atomic E-state index is 0.531. The van der Waals surface area contributed by atoms with Crippen molar-refractivity contribution < 1.29 is 0 Å². The van der Waals surface area contributed by atoms with Gasteiger partial charge >= 0.3 is 0 Å². The zero-order valence-corrected chi connectivity index (χ0v) is 10.5. The fraction of sp³-hybridized carbons (Fsp3) is 0.188. The van der Waals surface area contributed by atoms with Crippen LogP contribution in [0.2, 0.25) is 0 Å². The summed E-state index contributed by atoms with van der Waals surface area (Å²) in [6.07, 6.45) is 1.29. The molecule has 2 aromatic carbocycles. The molecule has 0 radical (unpaired) electrons. The first-order valence-corrected chi connectivity index (χ1v) is 6.04. The van der Waals surface area contributed by atoms with Gasteiger partial charge < -0.3 is 5.73 Å². The molecule has 0 saturated heterocycles. The van der Waals surface area contributed by atoms with Gasteiger partial charge in [-0.3, -0.25) is 0 Å². The molecular weight excluding hydrogens is 220 g/mol. The first-order valence-electron chi connectivity index (χ1n) is 6.04. The Morgan fingerprint density at radius 3 is 2.61 bits per heavy atom. The third kappa shape index (κ3) is 2.36. The lowest BCUT2D eigenvalue weighted by Crippen LogP contribution is -1.96. The van der Waals surface area contributed by atoms with Crippen molar-refractivity contribution >= 4 is 5.69 Å². The predicted octanol–water partition coefficient (Wildman–Crippen LogP) is 3.70. The van der Waals surface area contributed by atoms with Gasteiger partial charge in [0.05, 0.1) is 6.07 Å². The highest BCUT2D eigenvalue weighted by molar-refractivity contribution is 5.81. The molecule has 2 N–H and O–H groups in total. The van der Waals surface area contributed by atoms with E-state index in [4.69, 9.17) is 11.0 Å². The number of benzene rings is 2. The Hall–Kier alpha value is -2.27. The number of aryl methyl sites for hydroxylation is 2. The lowest BCUT2D eigenvalue weighted by molar-refractivity contribution is 1.01. The highest BCUT2D eigenvalue weighted by atomic mass is 14.6. The molecule has 0 spiro atoms. The van der Waals surface area contributed by atoms with Crippen molar-refractivity contribution in [2.24, 2.45) is 0 Å². The summed E-state index contributed by atoms with van der Waals surface area (Å²) in [7, 11) is 0. The van der Waals surface area contributed by atoms with Crippen LogP contribution in [0, 0.1) is 18.3 Å². The third-order valence-electron chi connectivity index (χ3n) is 3.10. The van der Waals surface area contributed by atoms with Crippen LogP contribution in [0.4, 0.5) is 5.69 Å². The molecule has 0 amide bonds. The Labute approximate surface area is 108 Å². The van der Waals surface area contributed by atoms with E-state index in [1.165, 1.54) is 11.1 Å². The standard InChI is InChI=1S/C16H16N2/c1-12-6-4-10-15(18)16(12)14-9-3-2-7-13(14)8-5-11-17/h2-4,6-7,9-10H,5,8,18H2,1H3. The smallest absolute Gasteiger partial charge is 0.0625 e. The molecule has 0 aliphatic rings. The van der Waals surface area contributed by atoms with E-state index in [-0.39, 0.29) is 0 Å². The van der Waals surface area contributed by atoms with Crippen molar-refractivity contribution in [2.45, 2.75) is 19.8 Å². The fourth-order valence-electron chi connectivity index (χ4n) is 2.23. The van der Waals surface area contributed by atoms with E-state index in [2.05, 4.69) is 31.2 Å². The van der Waals surface area contributed by atoms with Crippen LogP contribution in [-0.4, -0.2) is 0 Å². The normalized spacial score (nSPS) is 10.0. The second kappa shape index (κ2) is 5.37. The van der Waals surface area contributed by atoms with E-state index in [1.54, 1.807) is 0 Å². The van der Waals surface area contributed by atoms with E-state index >= 15 is 0 Å². The van der Waals surface area contributed by atoms with Gasteiger partial charge in [0.2, 0.25) is 0 Å². The molecule has 0 saturated carbocycles. The molecule has 0 aromatic heterocycles. The van der Waals surface area contributed by atoms with Gasteiger partial charge in [-0.1, -0.05) is 36.4 Å². The van der Waals surface area contributed by atoms with E-state index < -0.39 is 0 Å². The Morgan fingerprint density at radius 2 is 1.89 bits per heavy atom. The zero-order chi connectivity index (χ0) is 13.0. The molecule has 2 aromatic rings. The van der Waals surface area contributed by atoms with E-state index in [1.807, 2.05) is 24.3 Å². The minimum absolute atomic E-state index is 0.531. The number of anilines is 1. The number of nitrogen functional groups attached to an aromatic ring is 1. The second-order valence-corrected chi connectivity index (χ2v) is 4.35. The van der Waals surface area contributed by atoms with Gasteiger partial charge in [-0.15, -0.1) is 0 Å². The molecule has 0 aliphatic heterocycles. The molecular formula is C16H16N2. The average Bonchev–Trinajstić information content (AvgIpc) is 2.37. The number of hydrogen-bond donors (Lipinski definition) is 1. The van der Waals surface area contributed by atoms with Crippen LogP contribution in [0.25, 0.3) is 11.1 Å². The molecule has 2 nitrogen and oxygen atoms in total. The van der Waals surface area contributed by atoms with Crippen LogP contribution >= 0.6 is 0 Å². The van der Waals surface area contributed by atoms with Gasteiger partial charge in [-0.25, -0.2) is 0 Å². The first-order chi connectivity index (χ1) is 8.74. The molecule has 0 atom stereocenters. The fourth-order valence-corrected chi connectivity index (χ4v) is 2.23. The lowest BCUT2D eigenvalue weighted by Gasteiger charge is -2.13. The summed E-state index contributed by atoms with van der Waals surface area (Å²) in [6.45, 7) is 2.06. The van der Waals surface area contributed by atoms with Crippen molar-refractivity contribution in [3.05, 3.63) is 53.6 Å². The predicted molar refractivity (Wildman–Crippen MR) is 75.0 cm³/mol. The summed E-state index contributed by atoms with van der Waals surface area (Å²) in [4.78, 5) is 0. The summed E-state index contributed by atoms with van der Waals surface area (Å²) in [5.74, 6) is 0. The highest BCUT2D eigenvalue weighted by Gasteiger charge is 2.09. The summed E-state index contributed by atoms with van der Waals surface area (Å²) in [5.41, 5.74) is 11.5. The largest absolute Gasteiger partial charge is 0.398 e. The van der Waals surface area contributed by atoms with Crippen molar-refractivity contribution in [3.63, 3.8) is 0 Å². The topological polar surface area (TPSA) is 49.8 Å². The van der Waals surface area contributed by atoms with Gasteiger partial charge in [-0.05, 0) is 36.1 Å². The Kier molecular flexibility index (Phi) is 3.64. The molecule has 90 valence electrons. The summed E-state index contributed by atoms with van der Waals surface area (Å²) < 4.78 is 0. The summed E-state index contributed by atoms with van der Waals surface area (Å²) in [6, 6.07) is 16.3. The monoisotopic (exact) mass is 236 g/mol. The van der Waals surface area contributed by atoms with Gasteiger partial charge in [0.15, 0.2) is 0 Å². The van der Waals surface area contributed by atoms with Crippen LogP contribution in [0.3, 0.4) is 0 Å². The number of nitriles is 1.